The molecule has 10 heteroatoms. The number of anilines is 2. The molecule has 4 aromatic rings. The largest absolute Gasteiger partial charge is 0.382 e. The van der Waals surface area contributed by atoms with Crippen LogP contribution in [-0.4, -0.2) is 40.7 Å². The lowest BCUT2D eigenvalue weighted by molar-refractivity contribution is -0.133. The van der Waals surface area contributed by atoms with Crippen molar-refractivity contribution in [2.75, 3.05) is 23.8 Å². The molecule has 2 atom stereocenters. The molecule has 0 spiro atoms. The van der Waals surface area contributed by atoms with Gasteiger partial charge in [-0.25, -0.2) is 4.68 Å². The highest BCUT2D eigenvalue weighted by Crippen LogP contribution is 2.36. The van der Waals surface area contributed by atoms with Gasteiger partial charge in [0.25, 0.3) is 0 Å². The lowest BCUT2D eigenvalue weighted by Gasteiger charge is -2.35. The fourth-order valence-electron chi connectivity index (χ4n) is 5.01. The summed E-state index contributed by atoms with van der Waals surface area (Å²) in [5.41, 5.74) is 8.47. The van der Waals surface area contributed by atoms with E-state index in [2.05, 4.69) is 22.8 Å². The number of amides is 2. The van der Waals surface area contributed by atoms with E-state index in [-0.39, 0.29) is 19.0 Å². The maximum atomic E-state index is 14.2. The van der Waals surface area contributed by atoms with Crippen LogP contribution >= 0.6 is 0 Å². The van der Waals surface area contributed by atoms with Gasteiger partial charge < -0.3 is 21.3 Å². The van der Waals surface area contributed by atoms with Gasteiger partial charge in [-0.05, 0) is 50.4 Å². The highest BCUT2D eigenvalue weighted by molar-refractivity contribution is 6.04. The topological polar surface area (TPSA) is 153 Å². The predicted molar refractivity (Wildman–Crippen MR) is 147 cm³/mol. The van der Waals surface area contributed by atoms with E-state index >= 15 is 0 Å². The number of nitriles is 2. The van der Waals surface area contributed by atoms with E-state index in [4.69, 9.17) is 10.8 Å². The van der Waals surface area contributed by atoms with Crippen LogP contribution in [0.25, 0.3) is 16.6 Å². The predicted octanol–water partition coefficient (Wildman–Crippen LogP) is 2.81. The molecule has 194 valence electrons. The number of likely N-dealkylation sites (N-methyl/N-ethyl adjacent to an activating group) is 1. The molecule has 2 amide bonds. The van der Waals surface area contributed by atoms with Gasteiger partial charge in [-0.15, -0.1) is 0 Å². The van der Waals surface area contributed by atoms with Gasteiger partial charge in [0.05, 0.1) is 57.9 Å². The minimum atomic E-state index is -1.34. The molecule has 39 heavy (non-hydrogen) atoms. The number of para-hydroxylation sites is 2. The summed E-state index contributed by atoms with van der Waals surface area (Å²) >= 11 is 0. The highest BCUT2D eigenvalue weighted by atomic mass is 16.2. The average molecular weight is 519 g/mol. The Kier molecular flexibility index (Phi) is 6.48. The molecular weight excluding hydrogens is 492 g/mol. The van der Waals surface area contributed by atoms with E-state index in [9.17, 15) is 20.1 Å². The van der Waals surface area contributed by atoms with E-state index in [1.54, 1.807) is 53.9 Å². The van der Waals surface area contributed by atoms with Crippen molar-refractivity contribution in [3.63, 3.8) is 0 Å². The number of primary amides is 1. The second-order valence-corrected chi connectivity index (χ2v) is 9.52. The Morgan fingerprint density at radius 3 is 2.59 bits per heavy atom. The van der Waals surface area contributed by atoms with Crippen molar-refractivity contribution in [2.45, 2.75) is 19.0 Å². The van der Waals surface area contributed by atoms with E-state index in [0.29, 0.717) is 33.9 Å². The zero-order chi connectivity index (χ0) is 27.7. The molecule has 5 rings (SSSR count). The molecule has 0 bridgehead atoms. The molecule has 1 aliphatic heterocycles. The summed E-state index contributed by atoms with van der Waals surface area (Å²) in [5, 5.41) is 31.0. The second kappa shape index (κ2) is 9.93. The number of nitrogens with two attached hydrogens (primary N) is 1. The fraction of sp³-hybridized carbons (Fsp3) is 0.207. The number of hydrogen-bond donors (Lipinski definition) is 3. The van der Waals surface area contributed by atoms with Crippen LogP contribution in [0.2, 0.25) is 0 Å². The van der Waals surface area contributed by atoms with Crippen LogP contribution in [-0.2, 0) is 16.1 Å². The summed E-state index contributed by atoms with van der Waals surface area (Å²) in [6.45, 7) is 1.82. The first-order valence-electron chi connectivity index (χ1n) is 12.4. The first-order chi connectivity index (χ1) is 18.8. The molecule has 0 radical (unpaired) electrons. The molecule has 0 saturated carbocycles. The maximum Gasteiger partial charge on any atom is 0.238 e. The van der Waals surface area contributed by atoms with Gasteiger partial charge in [-0.2, -0.15) is 15.6 Å². The summed E-state index contributed by atoms with van der Waals surface area (Å²) < 4.78 is 1.71. The molecule has 0 saturated heterocycles. The monoisotopic (exact) mass is 518 g/mol. The average Bonchev–Trinajstić information content (AvgIpc) is 3.26. The number of benzene rings is 3. The van der Waals surface area contributed by atoms with Crippen molar-refractivity contribution >= 4 is 34.1 Å². The fourth-order valence-corrected chi connectivity index (χ4v) is 5.01. The number of hydrogen-bond acceptors (Lipinski definition) is 7. The molecule has 4 N–H and O–H groups in total. The molecule has 0 aliphatic carbocycles. The summed E-state index contributed by atoms with van der Waals surface area (Å²) in [6, 6.07) is 24.2. The zero-order valence-corrected chi connectivity index (χ0v) is 21.5. The smallest absolute Gasteiger partial charge is 0.238 e. The first-order valence-corrected chi connectivity index (χ1v) is 12.4. The van der Waals surface area contributed by atoms with Crippen molar-refractivity contribution in [1.82, 2.24) is 15.1 Å². The molecule has 3 aromatic carbocycles. The van der Waals surface area contributed by atoms with Crippen molar-refractivity contribution in [3.05, 3.63) is 83.6 Å². The third kappa shape index (κ3) is 4.23. The zero-order valence-electron chi connectivity index (χ0n) is 21.5. The van der Waals surface area contributed by atoms with Crippen LogP contribution in [0.1, 0.15) is 23.7 Å². The molecular formula is C29H26N8O2. The third-order valence-electron chi connectivity index (χ3n) is 7.43. The molecule has 10 nitrogen and oxygen atoms in total. The quantitative estimate of drug-likeness (QED) is 0.355. The number of carbonyl (C=O) groups excluding carboxylic acids is 2. The summed E-state index contributed by atoms with van der Waals surface area (Å²) in [5.74, 6) is -1.83. The molecule has 1 aromatic heterocycles. The standard InChI is InChI=1S/C29H26N8O2/c1-29(33-2,28(32)39)21-16-34-22-13-18(14-30)11-12-26(22)36(27(21)38)17-23-20-8-4-6-10-25(20)37(35-23)24-9-5-3-7-19(24)15-31/h3-13,21,33-34H,16-17H2,1-2H3,(H2,32,39)/t21-,29?/m1/s1. The summed E-state index contributed by atoms with van der Waals surface area (Å²) in [7, 11) is 1.59. The number of nitrogens with zero attached hydrogens (tertiary/aromatic N) is 5. The second-order valence-electron chi connectivity index (χ2n) is 9.52. The molecule has 1 unspecified atom stereocenters. The van der Waals surface area contributed by atoms with Crippen LogP contribution in [0, 0.1) is 28.6 Å². The summed E-state index contributed by atoms with van der Waals surface area (Å²) in [6.07, 6.45) is 0. The third-order valence-corrected chi connectivity index (χ3v) is 7.43. The normalized spacial score (nSPS) is 16.4. The Morgan fingerprint density at radius 2 is 1.87 bits per heavy atom. The van der Waals surface area contributed by atoms with Crippen LogP contribution in [0.5, 0.6) is 0 Å². The van der Waals surface area contributed by atoms with Gasteiger partial charge >= 0.3 is 0 Å². The Labute approximate surface area is 225 Å². The van der Waals surface area contributed by atoms with E-state index in [0.717, 1.165) is 10.9 Å². The van der Waals surface area contributed by atoms with Crippen LogP contribution in [0.15, 0.2) is 66.7 Å². The van der Waals surface area contributed by atoms with Gasteiger partial charge in [-0.3, -0.25) is 9.59 Å². The minimum Gasteiger partial charge on any atom is -0.382 e. The minimum absolute atomic E-state index is 0.0801. The number of aromatic nitrogens is 2. The van der Waals surface area contributed by atoms with Crippen LogP contribution < -0.4 is 21.3 Å². The van der Waals surface area contributed by atoms with Gasteiger partial charge in [0.1, 0.15) is 11.6 Å². The van der Waals surface area contributed by atoms with Crippen LogP contribution in [0.4, 0.5) is 11.4 Å². The Hall–Kier alpha value is -5.19. The van der Waals surface area contributed by atoms with Crippen molar-refractivity contribution in [2.24, 2.45) is 11.7 Å². The van der Waals surface area contributed by atoms with E-state index in [1.807, 2.05) is 36.4 Å². The van der Waals surface area contributed by atoms with E-state index < -0.39 is 17.4 Å². The number of fused-ring (bicyclic) bond motifs is 2. The van der Waals surface area contributed by atoms with Gasteiger partial charge in [0.15, 0.2) is 0 Å². The lowest BCUT2D eigenvalue weighted by atomic mass is 9.83. The number of carbonyl (C=O) groups is 2. The first kappa shape index (κ1) is 25.5. The van der Waals surface area contributed by atoms with Gasteiger partial charge in [0, 0.05) is 11.9 Å². The lowest BCUT2D eigenvalue weighted by Crippen LogP contribution is -2.62. The van der Waals surface area contributed by atoms with Gasteiger partial charge in [0.2, 0.25) is 11.8 Å². The summed E-state index contributed by atoms with van der Waals surface area (Å²) in [4.78, 5) is 28.3. The molecule has 2 heterocycles. The molecule has 1 aliphatic rings. The van der Waals surface area contributed by atoms with E-state index in [1.165, 1.54) is 0 Å². The van der Waals surface area contributed by atoms with Crippen molar-refractivity contribution < 1.29 is 9.59 Å². The molecule has 0 fully saturated rings. The van der Waals surface area contributed by atoms with Gasteiger partial charge in [-0.1, -0.05) is 30.3 Å². The Balaban J connectivity index is 1.67. The Bertz CT molecular complexity index is 1700. The maximum absolute atomic E-state index is 14.2. The number of nitrogens with one attached hydrogen (secondary N) is 2. The van der Waals surface area contributed by atoms with Crippen LogP contribution in [0.3, 0.4) is 0 Å². The van der Waals surface area contributed by atoms with Crippen molar-refractivity contribution in [3.8, 4) is 17.8 Å². The Morgan fingerprint density at radius 1 is 1.13 bits per heavy atom. The van der Waals surface area contributed by atoms with Crippen molar-refractivity contribution in [1.29, 1.82) is 10.5 Å². The number of rotatable bonds is 6. The SMILES string of the molecule is CNC(C)(C(N)=O)[C@@H]1CNc2cc(C#N)ccc2N(Cc2nn(-c3ccccc3C#N)c3ccccc23)C1=O. The highest BCUT2D eigenvalue weighted by Gasteiger charge is 2.46.